The number of ether oxygens (including phenoxy) is 3. The number of para-hydroxylation sites is 1. The quantitative estimate of drug-likeness (QED) is 0.932. The van der Waals surface area contributed by atoms with Crippen LogP contribution in [-0.4, -0.2) is 32.8 Å². The highest BCUT2D eigenvalue weighted by molar-refractivity contribution is 5.85. The van der Waals surface area contributed by atoms with E-state index in [-0.39, 0.29) is 23.7 Å². The molecule has 20 heavy (non-hydrogen) atoms. The Hall–Kier alpha value is -1.76. The molecule has 1 aromatic rings. The average molecular weight is 310 g/mol. The van der Waals surface area contributed by atoms with Gasteiger partial charge in [0.1, 0.15) is 6.04 Å². The van der Waals surface area contributed by atoms with Gasteiger partial charge in [0.2, 0.25) is 0 Å². The van der Waals surface area contributed by atoms with Crippen LogP contribution in [0.4, 0.5) is 13.6 Å². The molecule has 1 fully saturated rings. The zero-order valence-electron chi connectivity index (χ0n) is 10.8. The summed E-state index contributed by atoms with van der Waals surface area (Å²) >= 11 is 0. The van der Waals surface area contributed by atoms with E-state index in [0.29, 0.717) is 5.75 Å². The van der Waals surface area contributed by atoms with Crippen LogP contribution in [0.5, 0.6) is 11.5 Å². The molecule has 1 heterocycles. The Labute approximate surface area is 120 Å². The van der Waals surface area contributed by atoms with Gasteiger partial charge in [-0.3, -0.25) is 0 Å². The molecule has 1 aromatic carbocycles. The third-order valence-corrected chi connectivity index (χ3v) is 2.82. The number of halogens is 3. The Morgan fingerprint density at radius 2 is 2.05 bits per heavy atom. The van der Waals surface area contributed by atoms with E-state index in [9.17, 15) is 13.6 Å². The third-order valence-electron chi connectivity index (χ3n) is 2.82. The van der Waals surface area contributed by atoms with E-state index in [1.54, 1.807) is 12.1 Å². The molecule has 1 N–H and O–H groups in total. The summed E-state index contributed by atoms with van der Waals surface area (Å²) in [5.41, 5.74) is 0.142. The van der Waals surface area contributed by atoms with Crippen molar-refractivity contribution in [1.29, 1.82) is 0 Å². The van der Waals surface area contributed by atoms with Crippen LogP contribution in [-0.2, 0) is 4.74 Å². The third kappa shape index (κ3) is 2.87. The maximum atomic E-state index is 13.8. The molecule has 8 heteroatoms. The summed E-state index contributed by atoms with van der Waals surface area (Å²) in [6, 6.07) is 3.07. The normalized spacial score (nSPS) is 20.2. The summed E-state index contributed by atoms with van der Waals surface area (Å²) < 4.78 is 42.1. The molecule has 5 nitrogen and oxygen atoms in total. The molecule has 0 spiro atoms. The van der Waals surface area contributed by atoms with Crippen LogP contribution in [0.25, 0.3) is 0 Å². The lowest BCUT2D eigenvalue weighted by Gasteiger charge is -2.32. The number of hydrogen-bond acceptors (Lipinski definition) is 4. The van der Waals surface area contributed by atoms with Gasteiger partial charge < -0.3 is 19.5 Å². The summed E-state index contributed by atoms with van der Waals surface area (Å²) in [7, 11) is 2.75. The minimum atomic E-state index is -3.23. The molecule has 0 radical (unpaired) electrons. The predicted molar refractivity (Wildman–Crippen MR) is 69.0 cm³/mol. The smallest absolute Gasteiger partial charge is 0.408 e. The van der Waals surface area contributed by atoms with E-state index in [0.717, 1.165) is 0 Å². The first kappa shape index (κ1) is 16.3. The van der Waals surface area contributed by atoms with E-state index in [2.05, 4.69) is 10.1 Å². The second kappa shape index (κ2) is 6.13. The maximum Gasteiger partial charge on any atom is 0.408 e. The fourth-order valence-electron chi connectivity index (χ4n) is 1.95. The van der Waals surface area contributed by atoms with Crippen LogP contribution in [0.3, 0.4) is 0 Å². The lowest BCUT2D eigenvalue weighted by atomic mass is 9.98. The summed E-state index contributed by atoms with van der Waals surface area (Å²) in [5.74, 6) is -2.75. The first-order valence-electron chi connectivity index (χ1n) is 5.51. The molecule has 2 rings (SSSR count). The minimum absolute atomic E-state index is 0. The van der Waals surface area contributed by atoms with Gasteiger partial charge in [-0.05, 0) is 6.07 Å². The summed E-state index contributed by atoms with van der Waals surface area (Å²) in [6.45, 7) is -0.968. The van der Waals surface area contributed by atoms with E-state index >= 15 is 0 Å². The molecule has 0 bridgehead atoms. The molecule has 0 aromatic heterocycles. The Balaban J connectivity index is 0.00000200. The second-order valence-electron chi connectivity index (χ2n) is 4.00. The van der Waals surface area contributed by atoms with Crippen LogP contribution in [0.1, 0.15) is 11.6 Å². The summed E-state index contributed by atoms with van der Waals surface area (Å²) in [5, 5.41) is 2.10. The van der Waals surface area contributed by atoms with E-state index in [4.69, 9.17) is 9.47 Å². The van der Waals surface area contributed by atoms with Crippen LogP contribution < -0.4 is 14.8 Å². The molecule has 1 aliphatic heterocycles. The summed E-state index contributed by atoms with van der Waals surface area (Å²) in [4.78, 5) is 11.1. The topological polar surface area (TPSA) is 56.8 Å². The van der Waals surface area contributed by atoms with Crippen LogP contribution in [0.2, 0.25) is 0 Å². The van der Waals surface area contributed by atoms with E-state index < -0.39 is 24.7 Å². The molecule has 112 valence electrons. The molecular formula is C12H14ClF2NO4. The number of methoxy groups -OCH3 is 2. The van der Waals surface area contributed by atoms with Crippen molar-refractivity contribution in [2.24, 2.45) is 0 Å². The molecule has 0 saturated carbocycles. The predicted octanol–water partition coefficient (Wildman–Crippen LogP) is 2.54. The number of amides is 1. The van der Waals surface area contributed by atoms with Gasteiger partial charge in [-0.2, -0.15) is 0 Å². The number of alkyl halides is 2. The lowest BCUT2D eigenvalue weighted by molar-refractivity contribution is -0.104. The van der Waals surface area contributed by atoms with Gasteiger partial charge in [-0.1, -0.05) is 12.1 Å². The van der Waals surface area contributed by atoms with Crippen molar-refractivity contribution >= 4 is 18.5 Å². The largest absolute Gasteiger partial charge is 0.493 e. The SMILES string of the molecule is COc1cccc([C@@H]2NC(=O)OCC2(F)F)c1OC.Cl. The van der Waals surface area contributed by atoms with Gasteiger partial charge in [0.05, 0.1) is 14.2 Å². The zero-order chi connectivity index (χ0) is 14.0. The Morgan fingerprint density at radius 1 is 1.35 bits per heavy atom. The van der Waals surface area contributed by atoms with Crippen molar-refractivity contribution in [1.82, 2.24) is 5.32 Å². The number of benzene rings is 1. The highest BCUT2D eigenvalue weighted by atomic mass is 35.5. The summed E-state index contributed by atoms with van der Waals surface area (Å²) in [6.07, 6.45) is -0.888. The number of carbonyl (C=O) groups is 1. The van der Waals surface area contributed by atoms with Crippen molar-refractivity contribution < 1.29 is 27.8 Å². The van der Waals surface area contributed by atoms with Crippen LogP contribution >= 0.6 is 12.4 Å². The van der Waals surface area contributed by atoms with Gasteiger partial charge in [-0.25, -0.2) is 13.6 Å². The van der Waals surface area contributed by atoms with Gasteiger partial charge in [0.25, 0.3) is 0 Å². The highest BCUT2D eigenvalue weighted by Crippen LogP contribution is 2.42. The molecular weight excluding hydrogens is 296 g/mol. The Kier molecular flexibility index (Phi) is 4.99. The van der Waals surface area contributed by atoms with E-state index in [1.807, 2.05) is 0 Å². The van der Waals surface area contributed by atoms with Gasteiger partial charge in [-0.15, -0.1) is 12.4 Å². The number of nitrogens with one attached hydrogen (secondary N) is 1. The van der Waals surface area contributed by atoms with E-state index in [1.165, 1.54) is 20.3 Å². The highest BCUT2D eigenvalue weighted by Gasteiger charge is 2.48. The van der Waals surface area contributed by atoms with Crippen molar-refractivity contribution in [3.05, 3.63) is 23.8 Å². The monoisotopic (exact) mass is 309 g/mol. The fraction of sp³-hybridized carbons (Fsp3) is 0.417. The fourth-order valence-corrected chi connectivity index (χ4v) is 1.95. The molecule has 1 saturated heterocycles. The van der Waals surface area contributed by atoms with Gasteiger partial charge in [0.15, 0.2) is 18.1 Å². The van der Waals surface area contributed by atoms with Crippen LogP contribution in [0, 0.1) is 0 Å². The minimum Gasteiger partial charge on any atom is -0.493 e. The first-order valence-corrected chi connectivity index (χ1v) is 5.51. The van der Waals surface area contributed by atoms with Crippen LogP contribution in [0.15, 0.2) is 18.2 Å². The number of hydrogen-bond donors (Lipinski definition) is 1. The zero-order valence-corrected chi connectivity index (χ0v) is 11.6. The second-order valence-corrected chi connectivity index (χ2v) is 4.00. The number of alkyl carbamates (subject to hydrolysis) is 1. The average Bonchev–Trinajstić information content (AvgIpc) is 2.40. The molecule has 0 unspecified atom stereocenters. The van der Waals surface area contributed by atoms with Crippen molar-refractivity contribution in [3.63, 3.8) is 0 Å². The van der Waals surface area contributed by atoms with Crippen molar-refractivity contribution in [2.75, 3.05) is 20.8 Å². The molecule has 1 aliphatic rings. The number of cyclic esters (lactones) is 1. The van der Waals surface area contributed by atoms with Crippen molar-refractivity contribution in [3.8, 4) is 11.5 Å². The number of rotatable bonds is 3. The Bertz CT molecular complexity index is 498. The first-order chi connectivity index (χ1) is 8.99. The molecule has 1 amide bonds. The maximum absolute atomic E-state index is 13.8. The molecule has 0 aliphatic carbocycles. The lowest BCUT2D eigenvalue weighted by Crippen LogP contribution is -2.49. The number of carbonyl (C=O) groups excluding carboxylic acids is 1. The van der Waals surface area contributed by atoms with Gasteiger partial charge in [0, 0.05) is 5.56 Å². The molecule has 1 atom stereocenters. The standard InChI is InChI=1S/C12H13F2NO4.ClH/c1-17-8-5-3-4-7(9(8)18-2)10-12(13,14)6-19-11(16)15-10;/h3-5,10H,6H2,1-2H3,(H,15,16);1H/t10-;/m0./s1. The van der Waals surface area contributed by atoms with Gasteiger partial charge >= 0.3 is 12.0 Å². The Morgan fingerprint density at radius 3 is 2.65 bits per heavy atom. The van der Waals surface area contributed by atoms with Crippen molar-refractivity contribution in [2.45, 2.75) is 12.0 Å².